The van der Waals surface area contributed by atoms with E-state index < -0.39 is 0 Å². The van der Waals surface area contributed by atoms with Crippen LogP contribution in [0.3, 0.4) is 0 Å². The Morgan fingerprint density at radius 3 is 2.24 bits per heavy atom. The molecule has 0 aromatic heterocycles. The van der Waals surface area contributed by atoms with E-state index in [4.69, 9.17) is 9.47 Å². The molecule has 0 amide bonds. The van der Waals surface area contributed by atoms with Gasteiger partial charge < -0.3 is 9.47 Å². The van der Waals surface area contributed by atoms with Gasteiger partial charge in [-0.25, -0.2) is 4.39 Å². The highest BCUT2D eigenvalue weighted by Crippen LogP contribution is 2.42. The molecule has 0 heterocycles. The summed E-state index contributed by atoms with van der Waals surface area (Å²) >= 11 is 0. The van der Waals surface area contributed by atoms with Crippen LogP contribution in [0.1, 0.15) is 37.8 Å². The zero-order valence-electron chi connectivity index (χ0n) is 17.1. The molecule has 0 aliphatic rings. The summed E-state index contributed by atoms with van der Waals surface area (Å²) in [6.07, 6.45) is 0.746. The van der Waals surface area contributed by atoms with Crippen LogP contribution in [0.15, 0.2) is 72.8 Å². The maximum Gasteiger partial charge on any atom is 0.165 e. The highest BCUT2D eigenvalue weighted by Gasteiger charge is 2.27. The van der Waals surface area contributed by atoms with Crippen molar-refractivity contribution in [2.45, 2.75) is 38.1 Å². The molecule has 149 valence electrons. The molecular formula is C25H26FO2Si. The third-order valence-electron chi connectivity index (χ3n) is 4.87. The van der Waals surface area contributed by atoms with Crippen LogP contribution in [0.4, 0.5) is 4.39 Å². The predicted molar refractivity (Wildman–Crippen MR) is 117 cm³/mol. The van der Waals surface area contributed by atoms with Crippen molar-refractivity contribution in [3.63, 3.8) is 0 Å². The molecule has 0 spiro atoms. The van der Waals surface area contributed by atoms with Gasteiger partial charge in [0.05, 0.1) is 6.61 Å². The molecule has 3 radical (unpaired) electrons. The van der Waals surface area contributed by atoms with Gasteiger partial charge in [0.2, 0.25) is 0 Å². The van der Waals surface area contributed by atoms with E-state index in [0.29, 0.717) is 12.4 Å². The van der Waals surface area contributed by atoms with Gasteiger partial charge in [0.25, 0.3) is 0 Å². The molecule has 0 fully saturated rings. The van der Waals surface area contributed by atoms with Crippen molar-refractivity contribution in [3.05, 3.63) is 89.7 Å². The number of ether oxygens (including phenoxy) is 2. The minimum Gasteiger partial charge on any atom is -0.494 e. The molecule has 3 rings (SSSR count). The summed E-state index contributed by atoms with van der Waals surface area (Å²) in [5.41, 5.74) is 2.21. The van der Waals surface area contributed by atoms with E-state index in [1.54, 1.807) is 6.07 Å². The molecule has 3 aromatic rings. The Bertz CT molecular complexity index is 918. The first-order chi connectivity index (χ1) is 13.9. The summed E-state index contributed by atoms with van der Waals surface area (Å²) in [6, 6.07) is 22.6. The average molecular weight is 406 g/mol. The lowest BCUT2D eigenvalue weighted by Crippen LogP contribution is -2.18. The van der Waals surface area contributed by atoms with E-state index >= 15 is 0 Å². The molecule has 0 bridgehead atoms. The van der Waals surface area contributed by atoms with E-state index in [1.807, 2.05) is 55.5 Å². The van der Waals surface area contributed by atoms with Gasteiger partial charge >= 0.3 is 0 Å². The second-order valence-electron chi connectivity index (χ2n) is 7.66. The van der Waals surface area contributed by atoms with Gasteiger partial charge in [0.15, 0.2) is 11.6 Å². The van der Waals surface area contributed by atoms with Crippen molar-refractivity contribution < 1.29 is 13.9 Å². The summed E-state index contributed by atoms with van der Waals surface area (Å²) in [7, 11) is 3.90. The van der Waals surface area contributed by atoms with Gasteiger partial charge in [-0.2, -0.15) is 0 Å². The Balaban J connectivity index is 1.85. The zero-order valence-corrected chi connectivity index (χ0v) is 18.1. The van der Waals surface area contributed by atoms with Crippen LogP contribution in [0, 0.1) is 5.82 Å². The number of benzene rings is 3. The van der Waals surface area contributed by atoms with Crippen molar-refractivity contribution in [2.75, 3.05) is 6.61 Å². The summed E-state index contributed by atoms with van der Waals surface area (Å²) in [5, 5.41) is -0.151. The monoisotopic (exact) mass is 405 g/mol. The van der Waals surface area contributed by atoms with Crippen molar-refractivity contribution in [2.24, 2.45) is 0 Å². The van der Waals surface area contributed by atoms with E-state index in [-0.39, 0.29) is 22.5 Å². The maximum absolute atomic E-state index is 14.3. The van der Waals surface area contributed by atoms with Crippen LogP contribution in [0.25, 0.3) is 0 Å². The molecule has 2 nitrogen and oxygen atoms in total. The highest BCUT2D eigenvalue weighted by molar-refractivity contribution is 6.15. The highest BCUT2D eigenvalue weighted by atomic mass is 28.1. The summed E-state index contributed by atoms with van der Waals surface area (Å²) < 4.78 is 25.6. The summed E-state index contributed by atoms with van der Waals surface area (Å²) in [4.78, 5) is 0. The summed E-state index contributed by atoms with van der Waals surface area (Å²) in [5.74, 6) is 1.54. The first-order valence-corrected chi connectivity index (χ1v) is 10.4. The molecular weight excluding hydrogens is 379 g/mol. The van der Waals surface area contributed by atoms with Crippen LogP contribution >= 0.6 is 0 Å². The molecule has 0 saturated heterocycles. The number of para-hydroxylation sites is 1. The Morgan fingerprint density at radius 2 is 1.62 bits per heavy atom. The van der Waals surface area contributed by atoms with Gasteiger partial charge in [-0.15, -0.1) is 0 Å². The molecule has 1 atom stereocenters. The van der Waals surface area contributed by atoms with Crippen LogP contribution in [0.5, 0.6) is 17.2 Å². The third-order valence-corrected chi connectivity index (χ3v) is 5.22. The fourth-order valence-corrected chi connectivity index (χ4v) is 3.63. The fourth-order valence-electron chi connectivity index (χ4n) is 3.36. The second kappa shape index (κ2) is 9.27. The lowest BCUT2D eigenvalue weighted by atomic mass is 9.82. The molecule has 0 N–H and O–H groups in total. The predicted octanol–water partition coefficient (Wildman–Crippen LogP) is 6.71. The zero-order chi connectivity index (χ0) is 20.9. The standard InChI is InChI=1S/C25H26FO2Si/c1-4-27-20-13-11-19(12-14-20)22(25(2,3)29)16-18-10-15-23(26)24(17-18)28-21-8-6-5-7-9-21/h5-15,17,22H,4,16H2,1-3H3. The smallest absolute Gasteiger partial charge is 0.165 e. The number of rotatable bonds is 8. The lowest BCUT2D eigenvalue weighted by Gasteiger charge is -2.31. The van der Waals surface area contributed by atoms with Gasteiger partial charge in [0.1, 0.15) is 11.5 Å². The number of hydrogen-bond acceptors (Lipinski definition) is 2. The SMILES string of the molecule is CCOc1ccc(C(Cc2ccc(F)c(Oc3ccccc3)c2)C(C)(C)[Si])cc1. The van der Waals surface area contributed by atoms with E-state index in [0.717, 1.165) is 17.7 Å². The largest absolute Gasteiger partial charge is 0.494 e. The second-order valence-corrected chi connectivity index (χ2v) is 8.95. The molecule has 0 aliphatic carbocycles. The lowest BCUT2D eigenvalue weighted by molar-refractivity contribution is 0.340. The maximum atomic E-state index is 14.3. The van der Waals surface area contributed by atoms with Crippen LogP contribution < -0.4 is 9.47 Å². The number of halogens is 1. The van der Waals surface area contributed by atoms with Crippen molar-refractivity contribution >= 4 is 10.2 Å². The van der Waals surface area contributed by atoms with Crippen molar-refractivity contribution in [1.29, 1.82) is 0 Å². The van der Waals surface area contributed by atoms with Crippen molar-refractivity contribution in [1.82, 2.24) is 0 Å². The van der Waals surface area contributed by atoms with Crippen LogP contribution in [-0.4, -0.2) is 16.8 Å². The van der Waals surface area contributed by atoms with E-state index in [9.17, 15) is 4.39 Å². The van der Waals surface area contributed by atoms with E-state index in [2.05, 4.69) is 36.2 Å². The Morgan fingerprint density at radius 1 is 0.931 bits per heavy atom. The fraction of sp³-hybridized carbons (Fsp3) is 0.280. The van der Waals surface area contributed by atoms with Gasteiger partial charge in [-0.3, -0.25) is 0 Å². The Hall–Kier alpha value is -2.59. The molecule has 4 heteroatoms. The minimum atomic E-state index is -0.368. The molecule has 1 unspecified atom stereocenters. The molecule has 0 saturated carbocycles. The average Bonchev–Trinajstić information content (AvgIpc) is 2.69. The van der Waals surface area contributed by atoms with Gasteiger partial charge in [-0.05, 0) is 71.8 Å². The first kappa shape index (κ1) is 21.1. The third kappa shape index (κ3) is 5.70. The van der Waals surface area contributed by atoms with Gasteiger partial charge in [0, 0.05) is 10.2 Å². The molecule has 29 heavy (non-hydrogen) atoms. The van der Waals surface area contributed by atoms with Gasteiger partial charge in [-0.1, -0.05) is 50.2 Å². The topological polar surface area (TPSA) is 18.5 Å². The quantitative estimate of drug-likeness (QED) is 0.388. The van der Waals surface area contributed by atoms with Crippen molar-refractivity contribution in [3.8, 4) is 17.2 Å². The number of hydrogen-bond donors (Lipinski definition) is 0. The normalized spacial score (nSPS) is 12.4. The first-order valence-electron chi connectivity index (χ1n) is 9.86. The minimum absolute atomic E-state index is 0.151. The van der Waals surface area contributed by atoms with Crippen LogP contribution in [-0.2, 0) is 6.42 Å². The molecule has 0 aliphatic heterocycles. The Kier molecular flexibility index (Phi) is 6.75. The molecule has 3 aromatic carbocycles. The summed E-state index contributed by atoms with van der Waals surface area (Å²) in [6.45, 7) is 6.92. The van der Waals surface area contributed by atoms with E-state index in [1.165, 1.54) is 11.6 Å². The van der Waals surface area contributed by atoms with Crippen LogP contribution in [0.2, 0.25) is 5.04 Å². The Labute approximate surface area is 176 Å².